The fourth-order valence-electron chi connectivity index (χ4n) is 13.7. The molecule has 3 atom stereocenters. The molecular weight excluding hydrogens is 1000 g/mol. The van der Waals surface area contributed by atoms with Gasteiger partial charge in [-0.15, -0.1) is 0 Å². The van der Waals surface area contributed by atoms with Gasteiger partial charge in [-0.2, -0.15) is 0 Å². The molecule has 5 aliphatic rings. The van der Waals surface area contributed by atoms with Crippen LogP contribution in [0.25, 0.3) is 11.0 Å². The Morgan fingerprint density at radius 3 is 2.42 bits per heavy atom. The Morgan fingerprint density at radius 2 is 1.68 bits per heavy atom. The number of pyridine rings is 1. The molecule has 4 N–H and O–H groups in total. The molecule has 4 heterocycles. The van der Waals surface area contributed by atoms with Crippen molar-refractivity contribution in [3.05, 3.63) is 142 Å². The quantitative estimate of drug-likeness (QED) is 0.0528. The zero-order valence-electron chi connectivity index (χ0n) is 45.3. The Morgan fingerprint density at radius 1 is 0.910 bits per heavy atom. The highest BCUT2D eigenvalue weighted by Crippen LogP contribution is 2.54. The number of rotatable bonds is 16. The van der Waals surface area contributed by atoms with Crippen LogP contribution in [-0.4, -0.2) is 108 Å². The zero-order chi connectivity index (χ0) is 54.3. The lowest BCUT2D eigenvalue weighted by atomic mass is 9.59. The van der Waals surface area contributed by atoms with Crippen molar-refractivity contribution in [2.75, 3.05) is 56.6 Å². The Bertz CT molecular complexity index is 3250. The molecule has 2 aliphatic heterocycles. The first kappa shape index (κ1) is 53.5. The van der Waals surface area contributed by atoms with E-state index in [9.17, 15) is 28.4 Å². The predicted octanol–water partition coefficient (Wildman–Crippen LogP) is 11.3. The molecule has 4 aromatic carbocycles. The highest BCUT2D eigenvalue weighted by molar-refractivity contribution is 7.90. The summed E-state index contributed by atoms with van der Waals surface area (Å²) in [7, 11) is -2.86. The lowest BCUT2D eigenvalue weighted by Crippen LogP contribution is -2.61. The monoisotopic (exact) mass is 1080 g/mol. The Balaban J connectivity index is 0.781. The number of fused-ring (bicyclic) bond motifs is 1. The summed E-state index contributed by atoms with van der Waals surface area (Å²) in [5.74, 6) is 1.61. The van der Waals surface area contributed by atoms with Crippen LogP contribution >= 0.6 is 0 Å². The topological polar surface area (TPSA) is 195 Å². The first-order valence-corrected chi connectivity index (χ1v) is 29.6. The minimum atomic E-state index is -4.59. The molecular formula is C61H74N8O8S. The number of aromatic nitrogens is 2. The number of nitro groups is 1. The fraction of sp³-hybridized carbons (Fsp3) is 0.475. The van der Waals surface area contributed by atoms with Gasteiger partial charge in [-0.05, 0) is 160 Å². The summed E-state index contributed by atoms with van der Waals surface area (Å²) in [5, 5.41) is 26.6. The summed E-state index contributed by atoms with van der Waals surface area (Å²) in [6, 6.07) is 31.7. The highest BCUT2D eigenvalue weighted by Gasteiger charge is 2.51. The molecule has 6 aromatic rings. The molecule has 1 spiro atoms. The summed E-state index contributed by atoms with van der Waals surface area (Å²) in [6.07, 6.45) is 14.2. The standard InChI is InChI=1S/C61H74N8O8S/c1-40(2)49-8-5-6-9-51(49)56-39-67(54-11-7-10-50(54)42-12-15-46(76-4)16-13-42)30-31-68(56)45-35-61(36-45)25-28-66(29-26-61)44-14-18-52(57(33-44)77-47-32-43-22-27-62-58(43)64-38-47)59(70)65-78(74,75)48-17-19-53(55(34-48)69(72)73)63-37-41-20-23-60(3,71)24-21-41/h5-6,8-9,12-19,22,27,32-34,38,40-41,45,50,54,56,63,71H,7,10-11,20-21,23-26,28-31,35-37,39H2,1-4H3,(H,62,64)(H,65,70)/t41-,50?,54?,56?,60-. The third kappa shape index (κ3) is 11.2. The average molecular weight is 1080 g/mol. The van der Waals surface area contributed by atoms with Crippen molar-refractivity contribution >= 4 is 44.0 Å². The number of nitrogens with one attached hydrogen (secondary N) is 3. The van der Waals surface area contributed by atoms with Crippen molar-refractivity contribution in [2.45, 2.75) is 132 Å². The second-order valence-electron chi connectivity index (χ2n) is 23.5. The van der Waals surface area contributed by atoms with E-state index in [1.165, 1.54) is 48.1 Å². The van der Waals surface area contributed by atoms with Gasteiger partial charge in [0.25, 0.3) is 21.6 Å². The molecule has 5 fully saturated rings. The van der Waals surface area contributed by atoms with Crippen LogP contribution in [-0.2, 0) is 10.0 Å². The molecule has 0 bridgehead atoms. The number of ether oxygens (including phenoxy) is 2. The number of methoxy groups -OCH3 is 1. The Hall–Kier alpha value is -6.53. The first-order chi connectivity index (χ1) is 37.5. The van der Waals surface area contributed by atoms with Gasteiger partial charge in [-0.25, -0.2) is 18.1 Å². The molecule has 3 unspecified atom stereocenters. The zero-order valence-corrected chi connectivity index (χ0v) is 46.1. The molecule has 16 nitrogen and oxygen atoms in total. The van der Waals surface area contributed by atoms with E-state index in [0.717, 1.165) is 94.1 Å². The van der Waals surface area contributed by atoms with Gasteiger partial charge >= 0.3 is 0 Å². The van der Waals surface area contributed by atoms with Gasteiger partial charge < -0.3 is 29.8 Å². The number of benzene rings is 4. The molecule has 2 aromatic heterocycles. The molecule has 3 saturated carbocycles. The largest absolute Gasteiger partial charge is 0.497 e. The number of hydrogen-bond donors (Lipinski definition) is 4. The third-order valence-corrected chi connectivity index (χ3v) is 19.5. The van der Waals surface area contributed by atoms with Crippen LogP contribution < -0.4 is 24.4 Å². The van der Waals surface area contributed by atoms with Crippen molar-refractivity contribution < 1.29 is 32.7 Å². The average Bonchev–Trinajstić information content (AvgIpc) is 4.25. The summed E-state index contributed by atoms with van der Waals surface area (Å²) >= 11 is 0. The minimum absolute atomic E-state index is 0.0241. The van der Waals surface area contributed by atoms with Crippen molar-refractivity contribution in [1.29, 1.82) is 0 Å². The molecule has 412 valence electrons. The maximum absolute atomic E-state index is 14.2. The van der Waals surface area contributed by atoms with E-state index < -0.39 is 37.0 Å². The summed E-state index contributed by atoms with van der Waals surface area (Å²) in [6.45, 7) is 11.7. The van der Waals surface area contributed by atoms with Gasteiger partial charge in [0.15, 0.2) is 0 Å². The van der Waals surface area contributed by atoms with E-state index >= 15 is 0 Å². The van der Waals surface area contributed by atoms with Crippen molar-refractivity contribution in [1.82, 2.24) is 24.5 Å². The minimum Gasteiger partial charge on any atom is -0.497 e. The van der Waals surface area contributed by atoms with Crippen molar-refractivity contribution in [3.8, 4) is 17.2 Å². The van der Waals surface area contributed by atoms with Crippen LogP contribution in [0.1, 0.15) is 136 Å². The summed E-state index contributed by atoms with van der Waals surface area (Å²) in [5.41, 5.74) is 5.09. The number of piperazine rings is 1. The van der Waals surface area contributed by atoms with E-state index in [0.29, 0.717) is 60.7 Å². The lowest BCUT2D eigenvalue weighted by Gasteiger charge is -2.59. The number of aliphatic hydroxyl groups is 1. The number of nitrogens with zero attached hydrogens (tertiary/aromatic N) is 5. The van der Waals surface area contributed by atoms with Crippen molar-refractivity contribution in [2.24, 2.45) is 11.3 Å². The highest BCUT2D eigenvalue weighted by atomic mass is 32.2. The Kier molecular flexibility index (Phi) is 15.0. The van der Waals surface area contributed by atoms with Crippen LogP contribution in [0.15, 0.2) is 114 Å². The van der Waals surface area contributed by atoms with Crippen LogP contribution in [0.2, 0.25) is 0 Å². The number of H-pyrrole nitrogens is 1. The maximum atomic E-state index is 14.2. The van der Waals surface area contributed by atoms with E-state index in [-0.39, 0.29) is 28.3 Å². The van der Waals surface area contributed by atoms with Crippen LogP contribution in [0, 0.1) is 21.4 Å². The summed E-state index contributed by atoms with van der Waals surface area (Å²) < 4.78 is 41.9. The molecule has 1 amide bonds. The molecule has 0 radical (unpaired) electrons. The van der Waals surface area contributed by atoms with Gasteiger partial charge in [0.2, 0.25) is 0 Å². The molecule has 2 saturated heterocycles. The van der Waals surface area contributed by atoms with Gasteiger partial charge in [0, 0.05) is 86.8 Å². The van der Waals surface area contributed by atoms with Crippen LogP contribution in [0.5, 0.6) is 17.2 Å². The van der Waals surface area contributed by atoms with Gasteiger partial charge in [0.05, 0.1) is 34.3 Å². The number of amides is 1. The summed E-state index contributed by atoms with van der Waals surface area (Å²) in [4.78, 5) is 40.9. The number of carbonyl (C=O) groups is 1. The molecule has 17 heteroatoms. The third-order valence-electron chi connectivity index (χ3n) is 18.2. The number of aromatic amines is 1. The number of piperidine rings is 1. The number of hydrogen-bond acceptors (Lipinski definition) is 13. The number of nitro benzene ring substituents is 1. The maximum Gasteiger partial charge on any atom is 0.293 e. The lowest BCUT2D eigenvalue weighted by molar-refractivity contribution is -0.384. The second kappa shape index (κ2) is 22.0. The number of anilines is 2. The molecule has 3 aliphatic carbocycles. The van der Waals surface area contributed by atoms with E-state index in [2.05, 4.69) is 97.1 Å². The SMILES string of the molecule is COc1ccc(C2CCCC2N2CCN(C3CC4(CCN(c5ccc(C(=O)NS(=O)(=O)c6ccc(NC[C@H]7CC[C@](C)(O)CC7)c([N+](=O)[O-])c6)c(Oc6cnc7[nH]ccc7c6)c5)CC4)C3)C(c3ccccc3C(C)C)C2)cc1. The van der Waals surface area contributed by atoms with Gasteiger partial charge in [-0.1, -0.05) is 56.7 Å². The molecule has 78 heavy (non-hydrogen) atoms. The van der Waals surface area contributed by atoms with Gasteiger partial charge in [-0.3, -0.25) is 24.7 Å². The van der Waals surface area contributed by atoms with Crippen LogP contribution in [0.4, 0.5) is 17.1 Å². The fourth-order valence-corrected chi connectivity index (χ4v) is 14.7. The van der Waals surface area contributed by atoms with Crippen molar-refractivity contribution in [3.63, 3.8) is 0 Å². The number of carbonyl (C=O) groups excluding carboxylic acids is 1. The smallest absolute Gasteiger partial charge is 0.293 e. The second-order valence-corrected chi connectivity index (χ2v) is 25.2. The number of sulfonamides is 1. The van der Waals surface area contributed by atoms with E-state index in [4.69, 9.17) is 9.47 Å². The van der Waals surface area contributed by atoms with Crippen LogP contribution in [0.3, 0.4) is 0 Å². The molecule has 11 rings (SSSR count). The Labute approximate surface area is 458 Å². The van der Waals surface area contributed by atoms with E-state index in [1.54, 1.807) is 37.7 Å². The van der Waals surface area contributed by atoms with Gasteiger partial charge in [0.1, 0.15) is 28.6 Å². The first-order valence-electron chi connectivity index (χ1n) is 28.1. The van der Waals surface area contributed by atoms with E-state index in [1.807, 2.05) is 19.1 Å². The predicted molar refractivity (Wildman–Crippen MR) is 303 cm³/mol. The normalized spacial score (nSPS) is 24.1.